The summed E-state index contributed by atoms with van der Waals surface area (Å²) in [5.74, 6) is -2.17. The average molecular weight is 223 g/mol. The highest BCUT2D eigenvalue weighted by Gasteiger charge is 2.38. The second kappa shape index (κ2) is 3.92. The van der Waals surface area contributed by atoms with Crippen molar-refractivity contribution in [2.75, 3.05) is 0 Å². The van der Waals surface area contributed by atoms with E-state index >= 15 is 0 Å². The maximum atomic E-state index is 12.7. The largest absolute Gasteiger partial charge is 0.480 e. The molecule has 0 bridgehead atoms. The Morgan fingerprint density at radius 3 is 2.56 bits per heavy atom. The number of carbonyl (C=O) groups excluding carboxylic acids is 1. The average Bonchev–Trinajstić information content (AvgIpc) is 2.61. The molecule has 1 saturated heterocycles. The number of benzene rings is 1. The zero-order valence-electron chi connectivity index (χ0n) is 8.31. The van der Waals surface area contributed by atoms with Crippen LogP contribution in [0.15, 0.2) is 24.3 Å². The molecule has 84 valence electrons. The number of rotatable bonds is 2. The first-order chi connectivity index (χ1) is 7.58. The van der Waals surface area contributed by atoms with E-state index < -0.39 is 17.9 Å². The fraction of sp³-hybridized carbons (Fsp3) is 0.273. The standard InChI is InChI=1S/C11H10FNO3/c12-7-3-1-6(2-4-7)8-5-9(14)13-10(8)11(15)16/h1-4,8,10H,5H2,(H,13,14)(H,15,16)/t8-,10+/m0/s1. The highest BCUT2D eigenvalue weighted by molar-refractivity contribution is 5.89. The summed E-state index contributed by atoms with van der Waals surface area (Å²) in [6, 6.07) is 4.62. The summed E-state index contributed by atoms with van der Waals surface area (Å²) in [6.45, 7) is 0. The first-order valence-corrected chi connectivity index (χ1v) is 4.85. The predicted octanol–water partition coefficient (Wildman–Crippen LogP) is 0.882. The van der Waals surface area contributed by atoms with Gasteiger partial charge in [0.1, 0.15) is 11.9 Å². The Bertz CT molecular complexity index is 429. The third kappa shape index (κ3) is 1.88. The molecule has 0 aliphatic carbocycles. The van der Waals surface area contributed by atoms with Crippen LogP contribution in [0.3, 0.4) is 0 Å². The molecule has 0 saturated carbocycles. The molecule has 1 amide bonds. The number of carboxylic acid groups (broad SMARTS) is 1. The summed E-state index contributed by atoms with van der Waals surface area (Å²) in [6.07, 6.45) is 0.128. The van der Waals surface area contributed by atoms with Gasteiger partial charge in [0.25, 0.3) is 0 Å². The van der Waals surface area contributed by atoms with Gasteiger partial charge in [-0.15, -0.1) is 0 Å². The molecule has 1 aromatic rings. The van der Waals surface area contributed by atoms with Crippen molar-refractivity contribution in [3.05, 3.63) is 35.6 Å². The van der Waals surface area contributed by atoms with Crippen molar-refractivity contribution in [2.24, 2.45) is 0 Å². The Morgan fingerprint density at radius 1 is 1.38 bits per heavy atom. The maximum absolute atomic E-state index is 12.7. The van der Waals surface area contributed by atoms with Gasteiger partial charge in [0.05, 0.1) is 0 Å². The molecule has 0 unspecified atom stereocenters. The van der Waals surface area contributed by atoms with Crippen LogP contribution in [-0.4, -0.2) is 23.0 Å². The van der Waals surface area contributed by atoms with Crippen LogP contribution in [0.4, 0.5) is 4.39 Å². The Morgan fingerprint density at radius 2 is 2.00 bits per heavy atom. The molecule has 1 heterocycles. The summed E-state index contributed by atoms with van der Waals surface area (Å²) in [7, 11) is 0. The number of nitrogens with one attached hydrogen (secondary N) is 1. The summed E-state index contributed by atoms with van der Waals surface area (Å²) in [4.78, 5) is 22.1. The Kier molecular flexibility index (Phi) is 2.60. The summed E-state index contributed by atoms with van der Waals surface area (Å²) in [5.41, 5.74) is 0.659. The van der Waals surface area contributed by atoms with E-state index in [4.69, 9.17) is 5.11 Å². The van der Waals surface area contributed by atoms with Crippen molar-refractivity contribution in [3.63, 3.8) is 0 Å². The molecule has 16 heavy (non-hydrogen) atoms. The van der Waals surface area contributed by atoms with Crippen molar-refractivity contribution in [2.45, 2.75) is 18.4 Å². The van der Waals surface area contributed by atoms with Gasteiger partial charge in [-0.3, -0.25) is 4.79 Å². The smallest absolute Gasteiger partial charge is 0.326 e. The maximum Gasteiger partial charge on any atom is 0.326 e. The molecule has 2 N–H and O–H groups in total. The SMILES string of the molecule is O=C1C[C@@H](c2ccc(F)cc2)[C@H](C(=O)O)N1. The fourth-order valence-corrected chi connectivity index (χ4v) is 1.90. The number of carboxylic acids is 1. The van der Waals surface area contributed by atoms with E-state index in [9.17, 15) is 14.0 Å². The minimum atomic E-state index is -1.07. The Hall–Kier alpha value is -1.91. The van der Waals surface area contributed by atoms with Gasteiger partial charge in [0.2, 0.25) is 5.91 Å². The second-order valence-electron chi connectivity index (χ2n) is 3.75. The van der Waals surface area contributed by atoms with Gasteiger partial charge in [-0.1, -0.05) is 12.1 Å². The molecule has 1 aliphatic rings. The number of amides is 1. The van der Waals surface area contributed by atoms with Crippen LogP contribution < -0.4 is 5.32 Å². The number of hydrogen-bond donors (Lipinski definition) is 2. The highest BCUT2D eigenvalue weighted by Crippen LogP contribution is 2.28. The molecule has 2 atom stereocenters. The van der Waals surface area contributed by atoms with E-state index in [1.54, 1.807) is 0 Å². The molecule has 2 rings (SSSR count). The first kappa shape index (κ1) is 10.6. The van der Waals surface area contributed by atoms with E-state index in [0.29, 0.717) is 5.56 Å². The fourth-order valence-electron chi connectivity index (χ4n) is 1.90. The Balaban J connectivity index is 2.28. The van der Waals surface area contributed by atoms with Crippen LogP contribution in [0.25, 0.3) is 0 Å². The van der Waals surface area contributed by atoms with Crippen molar-refractivity contribution in [1.29, 1.82) is 0 Å². The lowest BCUT2D eigenvalue weighted by atomic mass is 9.92. The molecule has 1 fully saturated rings. The number of carbonyl (C=O) groups is 2. The van der Waals surface area contributed by atoms with Gasteiger partial charge in [0.15, 0.2) is 0 Å². The lowest BCUT2D eigenvalue weighted by Gasteiger charge is -2.14. The topological polar surface area (TPSA) is 66.4 Å². The highest BCUT2D eigenvalue weighted by atomic mass is 19.1. The summed E-state index contributed by atoms with van der Waals surface area (Å²) < 4.78 is 12.7. The molecular formula is C11H10FNO3. The molecule has 0 radical (unpaired) electrons. The van der Waals surface area contributed by atoms with Crippen LogP contribution in [0.1, 0.15) is 17.9 Å². The zero-order valence-corrected chi connectivity index (χ0v) is 8.31. The van der Waals surface area contributed by atoms with E-state index in [-0.39, 0.29) is 18.1 Å². The van der Waals surface area contributed by atoms with Crippen molar-refractivity contribution in [1.82, 2.24) is 5.32 Å². The zero-order chi connectivity index (χ0) is 11.7. The van der Waals surface area contributed by atoms with E-state index in [2.05, 4.69) is 5.32 Å². The lowest BCUT2D eigenvalue weighted by Crippen LogP contribution is -2.36. The molecule has 1 aliphatic heterocycles. The predicted molar refractivity (Wildman–Crippen MR) is 53.3 cm³/mol. The van der Waals surface area contributed by atoms with Gasteiger partial charge in [-0.05, 0) is 17.7 Å². The molecular weight excluding hydrogens is 213 g/mol. The number of hydrogen-bond acceptors (Lipinski definition) is 2. The van der Waals surface area contributed by atoms with Crippen molar-refractivity contribution in [3.8, 4) is 0 Å². The number of aliphatic carboxylic acids is 1. The molecule has 0 spiro atoms. The van der Waals surface area contributed by atoms with Gasteiger partial charge >= 0.3 is 5.97 Å². The summed E-state index contributed by atoms with van der Waals surface area (Å²) in [5, 5.41) is 11.3. The van der Waals surface area contributed by atoms with E-state index in [1.165, 1.54) is 24.3 Å². The van der Waals surface area contributed by atoms with Crippen LogP contribution in [0.5, 0.6) is 0 Å². The third-order valence-electron chi connectivity index (χ3n) is 2.69. The lowest BCUT2D eigenvalue weighted by molar-refractivity contribution is -0.140. The van der Waals surface area contributed by atoms with Crippen molar-refractivity contribution >= 4 is 11.9 Å². The number of halogens is 1. The quantitative estimate of drug-likeness (QED) is 0.782. The second-order valence-corrected chi connectivity index (χ2v) is 3.75. The van der Waals surface area contributed by atoms with Gasteiger partial charge in [-0.25, -0.2) is 9.18 Å². The Labute approximate surface area is 91.1 Å². The molecule has 5 heteroatoms. The van der Waals surface area contributed by atoms with Gasteiger partial charge in [0, 0.05) is 12.3 Å². The van der Waals surface area contributed by atoms with Gasteiger partial charge < -0.3 is 10.4 Å². The molecule has 0 aromatic heterocycles. The summed E-state index contributed by atoms with van der Waals surface area (Å²) >= 11 is 0. The monoisotopic (exact) mass is 223 g/mol. The third-order valence-corrected chi connectivity index (χ3v) is 2.69. The van der Waals surface area contributed by atoms with Gasteiger partial charge in [-0.2, -0.15) is 0 Å². The minimum Gasteiger partial charge on any atom is -0.480 e. The van der Waals surface area contributed by atoms with Crippen LogP contribution in [0, 0.1) is 5.82 Å². The first-order valence-electron chi connectivity index (χ1n) is 4.85. The van der Waals surface area contributed by atoms with Crippen molar-refractivity contribution < 1.29 is 19.1 Å². The molecule has 4 nitrogen and oxygen atoms in total. The van der Waals surface area contributed by atoms with Crippen LogP contribution in [-0.2, 0) is 9.59 Å². The van der Waals surface area contributed by atoms with E-state index in [0.717, 1.165) is 0 Å². The normalized spacial score (nSPS) is 24.2. The van der Waals surface area contributed by atoms with E-state index in [1.807, 2.05) is 0 Å². The minimum absolute atomic E-state index is 0.128. The molecule has 1 aromatic carbocycles. The van der Waals surface area contributed by atoms with Crippen LogP contribution >= 0.6 is 0 Å². The van der Waals surface area contributed by atoms with Crippen LogP contribution in [0.2, 0.25) is 0 Å².